The summed E-state index contributed by atoms with van der Waals surface area (Å²) in [7, 11) is 2.08. The third-order valence-electron chi connectivity index (χ3n) is 10.1. The number of fused-ring (bicyclic) bond motifs is 4. The molecule has 3 aliphatic rings. The highest BCUT2D eigenvalue weighted by molar-refractivity contribution is 6.36. The van der Waals surface area contributed by atoms with Gasteiger partial charge in [0.1, 0.15) is 35.5 Å². The lowest BCUT2D eigenvalue weighted by Gasteiger charge is -2.33. The molecule has 3 fully saturated rings. The number of aromatic nitrogens is 3. The number of anilines is 1. The van der Waals surface area contributed by atoms with Crippen molar-refractivity contribution in [3.63, 3.8) is 0 Å². The number of ether oxygens (including phenoxy) is 2. The maximum atomic E-state index is 16.7. The normalized spacial score (nSPS) is 23.0. The Hall–Kier alpha value is -4.01. The van der Waals surface area contributed by atoms with E-state index >= 15 is 4.39 Å². The number of piperidine rings is 1. The molecule has 2 bridgehead atoms. The first-order chi connectivity index (χ1) is 22.4. The fraction of sp³-hybridized carbons (Fsp3) is 0.378. The Labute approximate surface area is 273 Å². The summed E-state index contributed by atoms with van der Waals surface area (Å²) in [5.41, 5.74) is 2.20. The number of aryl methyl sites for hydroxylation is 1. The van der Waals surface area contributed by atoms with E-state index in [1.807, 2.05) is 48.5 Å². The molecule has 8 rings (SSSR count). The lowest BCUT2D eigenvalue weighted by atomic mass is 9.98. The molecule has 4 heterocycles. The van der Waals surface area contributed by atoms with Crippen LogP contribution in [0.1, 0.15) is 31.2 Å². The molecular formula is C37H37ClFN5O2. The number of benzene rings is 3. The van der Waals surface area contributed by atoms with Crippen molar-refractivity contribution in [2.75, 3.05) is 38.2 Å². The highest BCUT2D eigenvalue weighted by Crippen LogP contribution is 2.41. The van der Waals surface area contributed by atoms with E-state index < -0.39 is 5.82 Å². The van der Waals surface area contributed by atoms with Gasteiger partial charge in [0.15, 0.2) is 5.82 Å². The molecule has 7 nitrogen and oxygen atoms in total. The van der Waals surface area contributed by atoms with Gasteiger partial charge in [0.25, 0.3) is 0 Å². The third kappa shape index (κ3) is 5.41. The molecule has 0 N–H and O–H groups in total. The maximum Gasteiger partial charge on any atom is 0.319 e. The average molecular weight is 638 g/mol. The molecule has 1 saturated carbocycles. The van der Waals surface area contributed by atoms with Crippen LogP contribution in [0.5, 0.6) is 11.8 Å². The van der Waals surface area contributed by atoms with E-state index in [0.717, 1.165) is 48.1 Å². The summed E-state index contributed by atoms with van der Waals surface area (Å²) in [4.78, 5) is 18.9. The summed E-state index contributed by atoms with van der Waals surface area (Å²) >= 11 is 6.64. The van der Waals surface area contributed by atoms with Crippen molar-refractivity contribution in [2.24, 2.45) is 11.8 Å². The second kappa shape index (κ2) is 12.0. The SMILES string of the molecule is Cc1cccc(O[C@H]2CCN(C)[C@@H]2COc2nc(N3CC4CCC(C4)C3)c3cnc(-c4cccc5cccc(Cl)c45)c(F)c3n2)c1. The van der Waals surface area contributed by atoms with Crippen LogP contribution in [-0.4, -0.2) is 65.3 Å². The molecule has 46 heavy (non-hydrogen) atoms. The zero-order valence-corrected chi connectivity index (χ0v) is 26.9. The van der Waals surface area contributed by atoms with Crippen LogP contribution in [0.25, 0.3) is 32.9 Å². The monoisotopic (exact) mass is 637 g/mol. The van der Waals surface area contributed by atoms with Gasteiger partial charge < -0.3 is 14.4 Å². The second-order valence-electron chi connectivity index (χ2n) is 13.2. The number of likely N-dealkylation sites (tertiary alicyclic amines) is 1. The molecule has 4 atom stereocenters. The number of pyridine rings is 1. The van der Waals surface area contributed by atoms with Crippen LogP contribution < -0.4 is 14.4 Å². The molecule has 3 aromatic carbocycles. The summed E-state index contributed by atoms with van der Waals surface area (Å²) in [5, 5.41) is 2.83. The quantitative estimate of drug-likeness (QED) is 0.181. The van der Waals surface area contributed by atoms with Gasteiger partial charge >= 0.3 is 6.01 Å². The van der Waals surface area contributed by atoms with E-state index in [1.54, 1.807) is 6.20 Å². The van der Waals surface area contributed by atoms with Gasteiger partial charge in [-0.3, -0.25) is 9.88 Å². The molecule has 0 spiro atoms. The fourth-order valence-corrected chi connectivity index (χ4v) is 8.04. The van der Waals surface area contributed by atoms with Crippen molar-refractivity contribution in [1.82, 2.24) is 19.9 Å². The van der Waals surface area contributed by atoms with E-state index in [4.69, 9.17) is 31.0 Å². The first-order valence-electron chi connectivity index (χ1n) is 16.3. The van der Waals surface area contributed by atoms with Gasteiger partial charge in [-0.05, 0) is 80.6 Å². The Balaban J connectivity index is 1.17. The van der Waals surface area contributed by atoms with Crippen LogP contribution in [0.4, 0.5) is 10.2 Å². The molecular weight excluding hydrogens is 601 g/mol. The molecule has 236 valence electrons. The topological polar surface area (TPSA) is 63.6 Å². The standard InChI is InChI=1S/C37H37ClFN5O2/c1-22-6-3-9-26(16-22)46-31-14-15-43(2)30(31)21-45-37-41-35-28(36(42-37)44-19-23-12-13-24(17-23)20-44)18-40-34(33(35)39)27-10-4-7-25-8-5-11-29(38)32(25)27/h3-11,16,18,23-24,30-31H,12-15,17,19-21H2,1-2H3/t23?,24?,30-,31+/m1/s1. The van der Waals surface area contributed by atoms with Crippen molar-refractivity contribution >= 4 is 39.1 Å². The van der Waals surface area contributed by atoms with E-state index in [-0.39, 0.29) is 29.4 Å². The molecule has 2 aromatic heterocycles. The van der Waals surface area contributed by atoms with Gasteiger partial charge in [0, 0.05) is 41.8 Å². The molecule has 9 heteroatoms. The summed E-state index contributed by atoms with van der Waals surface area (Å²) in [6.45, 7) is 5.06. The van der Waals surface area contributed by atoms with Crippen LogP contribution in [0.2, 0.25) is 5.02 Å². The number of likely N-dealkylation sites (N-methyl/N-ethyl adjacent to an activating group) is 1. The van der Waals surface area contributed by atoms with E-state index in [1.165, 1.54) is 19.3 Å². The zero-order valence-electron chi connectivity index (χ0n) is 26.1. The molecule has 0 amide bonds. The Morgan fingerprint density at radius 3 is 2.57 bits per heavy atom. The third-order valence-corrected chi connectivity index (χ3v) is 10.4. The summed E-state index contributed by atoms with van der Waals surface area (Å²) in [5.74, 6) is 2.28. The molecule has 2 saturated heterocycles. The van der Waals surface area contributed by atoms with Crippen LogP contribution in [-0.2, 0) is 0 Å². The number of rotatable bonds is 7. The van der Waals surface area contributed by atoms with Gasteiger partial charge in [-0.25, -0.2) is 4.39 Å². The fourth-order valence-electron chi connectivity index (χ4n) is 7.76. The van der Waals surface area contributed by atoms with Gasteiger partial charge in [-0.2, -0.15) is 9.97 Å². The van der Waals surface area contributed by atoms with Crippen LogP contribution in [0, 0.1) is 24.6 Å². The van der Waals surface area contributed by atoms with Gasteiger partial charge in [0.2, 0.25) is 0 Å². The second-order valence-corrected chi connectivity index (χ2v) is 13.6. The smallest absolute Gasteiger partial charge is 0.319 e. The Kier molecular flexibility index (Phi) is 7.65. The Morgan fingerprint density at radius 2 is 1.76 bits per heavy atom. The minimum absolute atomic E-state index is 0.00948. The average Bonchev–Trinajstić information content (AvgIpc) is 3.58. The summed E-state index contributed by atoms with van der Waals surface area (Å²) in [6, 6.07) is 19.7. The Morgan fingerprint density at radius 1 is 0.978 bits per heavy atom. The van der Waals surface area contributed by atoms with Gasteiger partial charge in [0.05, 0.1) is 11.4 Å². The largest absolute Gasteiger partial charge is 0.489 e. The predicted octanol–water partition coefficient (Wildman–Crippen LogP) is 7.71. The number of hydrogen-bond donors (Lipinski definition) is 0. The summed E-state index contributed by atoms with van der Waals surface area (Å²) < 4.78 is 29.5. The minimum Gasteiger partial charge on any atom is -0.489 e. The predicted molar refractivity (Wildman–Crippen MR) is 180 cm³/mol. The number of halogens is 2. The maximum absolute atomic E-state index is 16.7. The van der Waals surface area contributed by atoms with Crippen molar-refractivity contribution in [3.8, 4) is 23.0 Å². The van der Waals surface area contributed by atoms with E-state index in [9.17, 15) is 0 Å². The molecule has 2 aliphatic heterocycles. The van der Waals surface area contributed by atoms with Crippen molar-refractivity contribution < 1.29 is 13.9 Å². The molecule has 2 unspecified atom stereocenters. The first kappa shape index (κ1) is 29.4. The molecule has 0 radical (unpaired) electrons. The molecule has 5 aromatic rings. The van der Waals surface area contributed by atoms with Crippen molar-refractivity contribution in [3.05, 3.63) is 83.3 Å². The van der Waals surface area contributed by atoms with E-state index in [2.05, 4.69) is 40.9 Å². The van der Waals surface area contributed by atoms with Crippen LogP contribution in [0.3, 0.4) is 0 Å². The minimum atomic E-state index is -0.503. The summed E-state index contributed by atoms with van der Waals surface area (Å²) in [6.07, 6.45) is 6.25. The van der Waals surface area contributed by atoms with Gasteiger partial charge in [-0.15, -0.1) is 0 Å². The number of nitrogens with zero attached hydrogens (tertiary/aromatic N) is 5. The Bertz CT molecular complexity index is 1920. The van der Waals surface area contributed by atoms with Crippen molar-refractivity contribution in [2.45, 2.75) is 44.8 Å². The van der Waals surface area contributed by atoms with Gasteiger partial charge in [-0.1, -0.05) is 54.1 Å². The van der Waals surface area contributed by atoms with Crippen LogP contribution in [0.15, 0.2) is 66.9 Å². The highest BCUT2D eigenvalue weighted by atomic mass is 35.5. The highest BCUT2D eigenvalue weighted by Gasteiger charge is 2.36. The van der Waals surface area contributed by atoms with E-state index in [0.29, 0.717) is 40.2 Å². The number of hydrogen-bond acceptors (Lipinski definition) is 7. The first-order valence-corrected chi connectivity index (χ1v) is 16.6. The zero-order chi connectivity index (χ0) is 31.4. The lowest BCUT2D eigenvalue weighted by molar-refractivity contribution is 0.102. The van der Waals surface area contributed by atoms with Crippen LogP contribution >= 0.6 is 11.6 Å². The lowest BCUT2D eigenvalue weighted by Crippen LogP contribution is -2.40. The molecule has 1 aliphatic carbocycles. The van der Waals surface area contributed by atoms with Crippen molar-refractivity contribution in [1.29, 1.82) is 0 Å².